The molecule has 0 saturated heterocycles. The second kappa shape index (κ2) is 5.04. The SMILES string of the molecule is Cc1nc(-c2cc(F)cc(Cl)c2)nc(Cl)c1I. The molecule has 1 aromatic carbocycles. The van der Waals surface area contributed by atoms with E-state index in [1.54, 1.807) is 6.07 Å². The van der Waals surface area contributed by atoms with E-state index in [0.717, 1.165) is 9.26 Å². The number of aromatic nitrogens is 2. The van der Waals surface area contributed by atoms with Crippen LogP contribution in [0.15, 0.2) is 18.2 Å². The second-order valence-corrected chi connectivity index (χ2v) is 5.27. The van der Waals surface area contributed by atoms with E-state index in [-0.39, 0.29) is 0 Å². The van der Waals surface area contributed by atoms with Gasteiger partial charge in [-0.1, -0.05) is 23.2 Å². The fourth-order valence-electron chi connectivity index (χ4n) is 1.34. The van der Waals surface area contributed by atoms with Crippen LogP contribution in [0.3, 0.4) is 0 Å². The summed E-state index contributed by atoms with van der Waals surface area (Å²) in [5, 5.41) is 0.657. The molecule has 0 spiro atoms. The van der Waals surface area contributed by atoms with E-state index in [0.29, 0.717) is 21.6 Å². The summed E-state index contributed by atoms with van der Waals surface area (Å²) in [6.45, 7) is 1.82. The Kier molecular flexibility index (Phi) is 3.85. The molecule has 1 heterocycles. The van der Waals surface area contributed by atoms with Crippen molar-refractivity contribution >= 4 is 45.8 Å². The van der Waals surface area contributed by atoms with Crippen LogP contribution in [-0.4, -0.2) is 9.97 Å². The van der Waals surface area contributed by atoms with Gasteiger partial charge in [0.2, 0.25) is 0 Å². The fourth-order valence-corrected chi connectivity index (χ4v) is 2.02. The number of aryl methyl sites for hydroxylation is 1. The van der Waals surface area contributed by atoms with Crippen molar-refractivity contribution in [1.29, 1.82) is 0 Å². The molecule has 0 saturated carbocycles. The summed E-state index contributed by atoms with van der Waals surface area (Å²) in [6, 6.07) is 4.15. The second-order valence-electron chi connectivity index (χ2n) is 3.40. The molecule has 88 valence electrons. The molecule has 0 amide bonds. The van der Waals surface area contributed by atoms with Crippen molar-refractivity contribution in [2.75, 3.05) is 0 Å². The summed E-state index contributed by atoms with van der Waals surface area (Å²) in [7, 11) is 0. The highest BCUT2D eigenvalue weighted by Gasteiger charge is 2.10. The van der Waals surface area contributed by atoms with Gasteiger partial charge in [0.05, 0.1) is 9.26 Å². The van der Waals surface area contributed by atoms with E-state index < -0.39 is 5.82 Å². The van der Waals surface area contributed by atoms with Crippen LogP contribution < -0.4 is 0 Å². The Morgan fingerprint density at radius 3 is 2.47 bits per heavy atom. The quantitative estimate of drug-likeness (QED) is 0.536. The molecule has 0 atom stereocenters. The van der Waals surface area contributed by atoms with Gasteiger partial charge in [0.25, 0.3) is 0 Å². The van der Waals surface area contributed by atoms with Gasteiger partial charge in [-0.05, 0) is 47.7 Å². The normalized spacial score (nSPS) is 10.6. The van der Waals surface area contributed by atoms with Gasteiger partial charge < -0.3 is 0 Å². The molecule has 1 aromatic heterocycles. The van der Waals surface area contributed by atoms with Gasteiger partial charge in [0, 0.05) is 10.6 Å². The number of rotatable bonds is 1. The molecule has 0 bridgehead atoms. The van der Waals surface area contributed by atoms with Crippen molar-refractivity contribution in [3.05, 3.63) is 43.5 Å². The van der Waals surface area contributed by atoms with Gasteiger partial charge in [-0.3, -0.25) is 0 Å². The molecule has 6 heteroatoms. The lowest BCUT2D eigenvalue weighted by Gasteiger charge is -2.05. The molecule has 0 fully saturated rings. The van der Waals surface area contributed by atoms with Crippen molar-refractivity contribution in [1.82, 2.24) is 9.97 Å². The van der Waals surface area contributed by atoms with Gasteiger partial charge >= 0.3 is 0 Å². The number of nitrogens with zero attached hydrogens (tertiary/aromatic N) is 2. The van der Waals surface area contributed by atoms with Crippen LogP contribution in [0.1, 0.15) is 5.69 Å². The monoisotopic (exact) mass is 382 g/mol. The zero-order valence-corrected chi connectivity index (χ0v) is 12.3. The third kappa shape index (κ3) is 2.86. The molecule has 0 aliphatic heterocycles. The summed E-state index contributed by atoms with van der Waals surface area (Å²) in [6.07, 6.45) is 0. The third-order valence-corrected chi connectivity index (χ3v) is 4.20. The van der Waals surface area contributed by atoms with E-state index in [1.165, 1.54) is 12.1 Å². The molecular weight excluding hydrogens is 377 g/mol. The molecule has 2 nitrogen and oxygen atoms in total. The van der Waals surface area contributed by atoms with E-state index in [2.05, 4.69) is 32.6 Å². The van der Waals surface area contributed by atoms with Crippen LogP contribution in [-0.2, 0) is 0 Å². The highest BCUT2D eigenvalue weighted by atomic mass is 127. The summed E-state index contributed by atoms with van der Waals surface area (Å²) >= 11 is 13.8. The van der Waals surface area contributed by atoms with Crippen molar-refractivity contribution in [2.24, 2.45) is 0 Å². The predicted molar refractivity (Wildman–Crippen MR) is 74.9 cm³/mol. The van der Waals surface area contributed by atoms with Crippen molar-refractivity contribution in [3.8, 4) is 11.4 Å². The van der Waals surface area contributed by atoms with Gasteiger partial charge in [0.15, 0.2) is 5.82 Å². The summed E-state index contributed by atoms with van der Waals surface area (Å²) in [5.74, 6) is -0.0576. The van der Waals surface area contributed by atoms with Gasteiger partial charge in [-0.15, -0.1) is 0 Å². The van der Waals surface area contributed by atoms with Crippen molar-refractivity contribution < 1.29 is 4.39 Å². The van der Waals surface area contributed by atoms with E-state index >= 15 is 0 Å². The lowest BCUT2D eigenvalue weighted by atomic mass is 10.2. The maximum atomic E-state index is 13.2. The minimum absolute atomic E-state index is 0.302. The Balaban J connectivity index is 2.60. The van der Waals surface area contributed by atoms with Crippen LogP contribution in [0, 0.1) is 16.3 Å². The summed E-state index contributed by atoms with van der Waals surface area (Å²) in [5.41, 5.74) is 1.26. The first-order valence-electron chi connectivity index (χ1n) is 4.63. The summed E-state index contributed by atoms with van der Waals surface area (Å²) < 4.78 is 14.0. The average Bonchev–Trinajstić information content (AvgIpc) is 2.23. The van der Waals surface area contributed by atoms with Gasteiger partial charge in [0.1, 0.15) is 11.0 Å². The largest absolute Gasteiger partial charge is 0.232 e. The van der Waals surface area contributed by atoms with Crippen LogP contribution >= 0.6 is 45.8 Å². The molecule has 2 rings (SSSR count). The number of hydrogen-bond acceptors (Lipinski definition) is 2. The molecule has 0 unspecified atom stereocenters. The van der Waals surface area contributed by atoms with Crippen molar-refractivity contribution in [3.63, 3.8) is 0 Å². The lowest BCUT2D eigenvalue weighted by Crippen LogP contribution is -1.96. The first-order valence-corrected chi connectivity index (χ1v) is 6.47. The number of hydrogen-bond donors (Lipinski definition) is 0. The number of benzene rings is 1. The van der Waals surface area contributed by atoms with E-state index in [9.17, 15) is 4.39 Å². The summed E-state index contributed by atoms with van der Waals surface area (Å²) in [4.78, 5) is 8.37. The van der Waals surface area contributed by atoms with E-state index in [4.69, 9.17) is 23.2 Å². The molecule has 0 aliphatic rings. The lowest BCUT2D eigenvalue weighted by molar-refractivity contribution is 0.628. The first kappa shape index (κ1) is 13.0. The Hall–Kier alpha value is -0.460. The molecule has 17 heavy (non-hydrogen) atoms. The van der Waals surface area contributed by atoms with Gasteiger partial charge in [-0.2, -0.15) is 0 Å². The Morgan fingerprint density at radius 1 is 1.18 bits per heavy atom. The highest BCUT2D eigenvalue weighted by Crippen LogP contribution is 2.25. The molecule has 2 aromatic rings. The minimum atomic E-state index is -0.427. The predicted octanol–water partition coefficient (Wildman–Crippen LogP) is 4.50. The van der Waals surface area contributed by atoms with Crippen LogP contribution in [0.4, 0.5) is 4.39 Å². The Morgan fingerprint density at radius 2 is 1.88 bits per heavy atom. The van der Waals surface area contributed by atoms with Crippen LogP contribution in [0.2, 0.25) is 10.2 Å². The third-order valence-electron chi connectivity index (χ3n) is 2.10. The molecular formula is C11H6Cl2FIN2. The highest BCUT2D eigenvalue weighted by molar-refractivity contribution is 14.1. The van der Waals surface area contributed by atoms with E-state index in [1.807, 2.05) is 6.92 Å². The Bertz CT molecular complexity index is 546. The fraction of sp³-hybridized carbons (Fsp3) is 0.0909. The first-order chi connectivity index (χ1) is 7.97. The average molecular weight is 383 g/mol. The Labute approximate surface area is 121 Å². The number of halogens is 4. The van der Waals surface area contributed by atoms with Crippen molar-refractivity contribution in [2.45, 2.75) is 6.92 Å². The smallest absolute Gasteiger partial charge is 0.161 e. The molecule has 0 radical (unpaired) electrons. The standard InChI is InChI=1S/C11H6Cl2FIN2/c1-5-9(15)10(13)17-11(16-5)6-2-7(12)4-8(14)3-6/h2-4H,1H3. The minimum Gasteiger partial charge on any atom is -0.232 e. The van der Waals surface area contributed by atoms with Crippen LogP contribution in [0.25, 0.3) is 11.4 Å². The molecule has 0 N–H and O–H groups in total. The van der Waals surface area contributed by atoms with Gasteiger partial charge in [-0.25, -0.2) is 14.4 Å². The zero-order chi connectivity index (χ0) is 12.6. The van der Waals surface area contributed by atoms with Crippen LogP contribution in [0.5, 0.6) is 0 Å². The maximum absolute atomic E-state index is 13.2. The maximum Gasteiger partial charge on any atom is 0.161 e. The zero-order valence-electron chi connectivity index (χ0n) is 8.64. The molecule has 0 aliphatic carbocycles. The topological polar surface area (TPSA) is 25.8 Å².